The van der Waals surface area contributed by atoms with E-state index in [9.17, 15) is 0 Å². The van der Waals surface area contributed by atoms with Gasteiger partial charge >= 0.3 is 0 Å². The van der Waals surface area contributed by atoms with Gasteiger partial charge in [-0.15, -0.1) is 0 Å². The molecule has 2 aromatic heterocycles. The van der Waals surface area contributed by atoms with E-state index in [-0.39, 0.29) is 0 Å². The smallest absolute Gasteiger partial charge is 0.165 e. The first-order valence-corrected chi connectivity index (χ1v) is 6.18. The molecule has 0 saturated carbocycles. The van der Waals surface area contributed by atoms with Crippen molar-refractivity contribution in [1.82, 2.24) is 19.7 Å². The molecule has 0 aliphatic rings. The Kier molecular flexibility index (Phi) is 3.42. The standard InChI is InChI=1S/C11H14BrN5/c1-4-8-9(12)11(13-2)16-10(15-8)7-5-14-17(3)6-7/h5-6H,4H2,1-3H3,(H,13,15,16). The molecule has 0 saturated heterocycles. The number of hydrogen-bond acceptors (Lipinski definition) is 4. The van der Waals surface area contributed by atoms with E-state index in [1.807, 2.05) is 20.3 Å². The molecule has 0 aliphatic carbocycles. The van der Waals surface area contributed by atoms with Crippen LogP contribution >= 0.6 is 15.9 Å². The van der Waals surface area contributed by atoms with E-state index in [0.717, 1.165) is 28.0 Å². The van der Waals surface area contributed by atoms with Crippen molar-refractivity contribution in [3.05, 3.63) is 22.6 Å². The minimum Gasteiger partial charge on any atom is -0.372 e. The molecule has 0 aliphatic heterocycles. The maximum absolute atomic E-state index is 4.53. The molecule has 0 radical (unpaired) electrons. The molecule has 5 nitrogen and oxygen atoms in total. The van der Waals surface area contributed by atoms with Crippen molar-refractivity contribution in [1.29, 1.82) is 0 Å². The largest absolute Gasteiger partial charge is 0.372 e. The Bertz CT molecular complexity index is 509. The van der Waals surface area contributed by atoms with Crippen LogP contribution in [0.25, 0.3) is 11.4 Å². The Morgan fingerprint density at radius 3 is 2.71 bits per heavy atom. The van der Waals surface area contributed by atoms with E-state index in [1.165, 1.54) is 0 Å². The molecule has 0 spiro atoms. The van der Waals surface area contributed by atoms with E-state index < -0.39 is 0 Å². The summed E-state index contributed by atoms with van der Waals surface area (Å²) < 4.78 is 2.67. The Morgan fingerprint density at radius 2 is 2.18 bits per heavy atom. The molecule has 0 atom stereocenters. The zero-order chi connectivity index (χ0) is 12.4. The monoisotopic (exact) mass is 295 g/mol. The fourth-order valence-corrected chi connectivity index (χ4v) is 2.22. The van der Waals surface area contributed by atoms with Crippen molar-refractivity contribution in [2.75, 3.05) is 12.4 Å². The van der Waals surface area contributed by atoms with Gasteiger partial charge in [0.1, 0.15) is 5.82 Å². The van der Waals surface area contributed by atoms with Gasteiger partial charge in [0, 0.05) is 20.3 Å². The van der Waals surface area contributed by atoms with Crippen molar-refractivity contribution in [3.8, 4) is 11.4 Å². The molecule has 0 fully saturated rings. The van der Waals surface area contributed by atoms with Crippen LogP contribution < -0.4 is 5.32 Å². The predicted octanol–water partition coefficient (Wildman–Crippen LogP) is 2.24. The summed E-state index contributed by atoms with van der Waals surface area (Å²) in [5.74, 6) is 1.50. The molecule has 0 aromatic carbocycles. The summed E-state index contributed by atoms with van der Waals surface area (Å²) in [6.45, 7) is 2.07. The molecule has 6 heteroatoms. The highest BCUT2D eigenvalue weighted by atomic mass is 79.9. The Hall–Kier alpha value is -1.43. The van der Waals surface area contributed by atoms with Gasteiger partial charge in [0.05, 0.1) is 21.9 Å². The summed E-state index contributed by atoms with van der Waals surface area (Å²) in [6.07, 6.45) is 4.52. The van der Waals surface area contributed by atoms with Crippen LogP contribution in [0.4, 0.5) is 5.82 Å². The van der Waals surface area contributed by atoms with Gasteiger partial charge in [-0.25, -0.2) is 9.97 Å². The van der Waals surface area contributed by atoms with Crippen LogP contribution in [0.1, 0.15) is 12.6 Å². The van der Waals surface area contributed by atoms with Crippen molar-refractivity contribution < 1.29 is 0 Å². The normalized spacial score (nSPS) is 10.6. The minimum atomic E-state index is 0.697. The number of rotatable bonds is 3. The molecule has 0 bridgehead atoms. The number of aryl methyl sites for hydroxylation is 2. The maximum Gasteiger partial charge on any atom is 0.165 e. The number of nitrogens with one attached hydrogen (secondary N) is 1. The van der Waals surface area contributed by atoms with Gasteiger partial charge in [0.2, 0.25) is 0 Å². The van der Waals surface area contributed by atoms with Crippen LogP contribution in [-0.2, 0) is 13.5 Å². The second kappa shape index (κ2) is 4.83. The molecule has 90 valence electrons. The number of nitrogens with zero attached hydrogens (tertiary/aromatic N) is 4. The van der Waals surface area contributed by atoms with Gasteiger partial charge in [-0.1, -0.05) is 6.92 Å². The summed E-state index contributed by atoms with van der Waals surface area (Å²) >= 11 is 3.51. The van der Waals surface area contributed by atoms with E-state index in [0.29, 0.717) is 5.82 Å². The van der Waals surface area contributed by atoms with Gasteiger partial charge in [-0.05, 0) is 22.4 Å². The minimum absolute atomic E-state index is 0.697. The van der Waals surface area contributed by atoms with Gasteiger partial charge in [-0.2, -0.15) is 5.10 Å². The first kappa shape index (κ1) is 12.0. The van der Waals surface area contributed by atoms with Crippen molar-refractivity contribution in [3.63, 3.8) is 0 Å². The fourth-order valence-electron chi connectivity index (χ4n) is 1.56. The molecular formula is C11H14BrN5. The van der Waals surface area contributed by atoms with Gasteiger partial charge in [0.25, 0.3) is 0 Å². The van der Waals surface area contributed by atoms with Crippen LogP contribution in [0, 0.1) is 0 Å². The van der Waals surface area contributed by atoms with Gasteiger partial charge < -0.3 is 5.32 Å². The van der Waals surface area contributed by atoms with Gasteiger partial charge in [0.15, 0.2) is 5.82 Å². The number of hydrogen-bond donors (Lipinski definition) is 1. The Morgan fingerprint density at radius 1 is 1.41 bits per heavy atom. The average Bonchev–Trinajstić information content (AvgIpc) is 2.76. The lowest BCUT2D eigenvalue weighted by Gasteiger charge is -2.08. The molecule has 2 aromatic rings. The second-order valence-corrected chi connectivity index (χ2v) is 4.46. The summed E-state index contributed by atoms with van der Waals surface area (Å²) in [4.78, 5) is 8.99. The van der Waals surface area contributed by atoms with Crippen LogP contribution in [-0.4, -0.2) is 26.8 Å². The molecule has 2 rings (SSSR count). The zero-order valence-corrected chi connectivity index (χ0v) is 11.6. The highest BCUT2D eigenvalue weighted by Gasteiger charge is 2.12. The summed E-state index contributed by atoms with van der Waals surface area (Å²) in [6, 6.07) is 0. The predicted molar refractivity (Wildman–Crippen MR) is 70.9 cm³/mol. The summed E-state index contributed by atoms with van der Waals surface area (Å²) in [5.41, 5.74) is 1.91. The van der Waals surface area contributed by atoms with Crippen molar-refractivity contribution >= 4 is 21.7 Å². The first-order valence-electron chi connectivity index (χ1n) is 5.39. The van der Waals surface area contributed by atoms with Crippen LogP contribution in [0.2, 0.25) is 0 Å². The van der Waals surface area contributed by atoms with E-state index >= 15 is 0 Å². The second-order valence-electron chi connectivity index (χ2n) is 3.66. The third kappa shape index (κ3) is 2.31. The first-order chi connectivity index (χ1) is 8.15. The fraction of sp³-hybridized carbons (Fsp3) is 0.364. The van der Waals surface area contributed by atoms with E-state index in [4.69, 9.17) is 0 Å². The Balaban J connectivity index is 2.55. The van der Waals surface area contributed by atoms with Crippen LogP contribution in [0.15, 0.2) is 16.9 Å². The lowest BCUT2D eigenvalue weighted by Crippen LogP contribution is -2.02. The quantitative estimate of drug-likeness (QED) is 0.944. The summed E-state index contributed by atoms with van der Waals surface area (Å²) in [7, 11) is 3.72. The molecule has 0 unspecified atom stereocenters. The molecule has 0 amide bonds. The molecule has 17 heavy (non-hydrogen) atoms. The average molecular weight is 296 g/mol. The molecule has 1 N–H and O–H groups in total. The molecular weight excluding hydrogens is 282 g/mol. The lowest BCUT2D eigenvalue weighted by molar-refractivity contribution is 0.768. The van der Waals surface area contributed by atoms with Crippen molar-refractivity contribution in [2.45, 2.75) is 13.3 Å². The number of halogens is 1. The third-order valence-corrected chi connectivity index (χ3v) is 3.29. The third-order valence-electron chi connectivity index (χ3n) is 2.45. The van der Waals surface area contributed by atoms with Crippen LogP contribution in [0.3, 0.4) is 0 Å². The Labute approximate surface area is 108 Å². The van der Waals surface area contributed by atoms with E-state index in [1.54, 1.807) is 10.9 Å². The van der Waals surface area contributed by atoms with E-state index in [2.05, 4.69) is 43.2 Å². The molecule has 2 heterocycles. The SMILES string of the molecule is CCc1nc(-c2cnn(C)c2)nc(NC)c1Br. The maximum atomic E-state index is 4.53. The van der Waals surface area contributed by atoms with Crippen molar-refractivity contribution in [2.24, 2.45) is 7.05 Å². The highest BCUT2D eigenvalue weighted by Crippen LogP contribution is 2.26. The topological polar surface area (TPSA) is 55.6 Å². The number of aromatic nitrogens is 4. The number of anilines is 1. The van der Waals surface area contributed by atoms with Gasteiger partial charge in [-0.3, -0.25) is 4.68 Å². The lowest BCUT2D eigenvalue weighted by atomic mass is 10.2. The van der Waals surface area contributed by atoms with Crippen LogP contribution in [0.5, 0.6) is 0 Å². The zero-order valence-electron chi connectivity index (χ0n) is 10.0. The highest BCUT2D eigenvalue weighted by molar-refractivity contribution is 9.10. The summed E-state index contributed by atoms with van der Waals surface area (Å²) in [5, 5.41) is 7.19.